The number of halogens is 1. The summed E-state index contributed by atoms with van der Waals surface area (Å²) in [6.45, 7) is 7.08. The van der Waals surface area contributed by atoms with Crippen molar-refractivity contribution < 1.29 is 8.81 Å². The van der Waals surface area contributed by atoms with E-state index in [0.29, 0.717) is 12.3 Å². The lowest BCUT2D eigenvalue weighted by Gasteiger charge is -2.19. The van der Waals surface area contributed by atoms with Crippen LogP contribution in [0.2, 0.25) is 0 Å². The van der Waals surface area contributed by atoms with Crippen molar-refractivity contribution in [3.63, 3.8) is 0 Å². The predicted octanol–water partition coefficient (Wildman–Crippen LogP) is 4.60. The zero-order valence-electron chi connectivity index (χ0n) is 12.1. The van der Waals surface area contributed by atoms with Crippen LogP contribution in [0.5, 0.6) is 0 Å². The number of benzene rings is 1. The Morgan fingerprint density at radius 2 is 1.90 bits per heavy atom. The standard InChI is InChI=1S/C16H20FNOS/c1-16(2,3)18-10-13-7-8-14(19-13)11-20-15-6-4-5-12(17)9-15/h4-9,18H,10-11H2,1-3H3. The Bertz CT molecular complexity index is 560. The van der Waals surface area contributed by atoms with E-state index in [2.05, 4.69) is 26.1 Å². The Labute approximate surface area is 123 Å². The monoisotopic (exact) mass is 293 g/mol. The van der Waals surface area contributed by atoms with Gasteiger partial charge in [-0.05, 0) is 51.1 Å². The number of furan rings is 1. The van der Waals surface area contributed by atoms with Gasteiger partial charge in [0, 0.05) is 10.4 Å². The Morgan fingerprint density at radius 1 is 1.15 bits per heavy atom. The number of hydrogen-bond donors (Lipinski definition) is 1. The third-order valence-corrected chi connectivity index (χ3v) is 3.70. The summed E-state index contributed by atoms with van der Waals surface area (Å²) >= 11 is 1.57. The largest absolute Gasteiger partial charge is 0.464 e. The van der Waals surface area contributed by atoms with Crippen LogP contribution in [-0.4, -0.2) is 5.54 Å². The summed E-state index contributed by atoms with van der Waals surface area (Å²) in [6.07, 6.45) is 0. The molecule has 2 aromatic rings. The maximum absolute atomic E-state index is 13.1. The van der Waals surface area contributed by atoms with E-state index >= 15 is 0 Å². The fraction of sp³-hybridized carbons (Fsp3) is 0.375. The molecule has 0 aliphatic rings. The van der Waals surface area contributed by atoms with Crippen LogP contribution >= 0.6 is 11.8 Å². The van der Waals surface area contributed by atoms with Gasteiger partial charge in [0.1, 0.15) is 17.3 Å². The molecular weight excluding hydrogens is 273 g/mol. The molecule has 0 radical (unpaired) electrons. The van der Waals surface area contributed by atoms with Crippen molar-refractivity contribution in [2.75, 3.05) is 0 Å². The van der Waals surface area contributed by atoms with Gasteiger partial charge in [-0.15, -0.1) is 11.8 Å². The van der Waals surface area contributed by atoms with Gasteiger partial charge in [0.15, 0.2) is 0 Å². The molecule has 1 aromatic carbocycles. The van der Waals surface area contributed by atoms with Crippen LogP contribution in [0.15, 0.2) is 45.7 Å². The molecule has 1 aromatic heterocycles. The van der Waals surface area contributed by atoms with Crippen LogP contribution in [0.25, 0.3) is 0 Å². The lowest BCUT2D eigenvalue weighted by Crippen LogP contribution is -2.34. The summed E-state index contributed by atoms with van der Waals surface area (Å²) in [5, 5.41) is 3.38. The van der Waals surface area contributed by atoms with Crippen molar-refractivity contribution in [2.24, 2.45) is 0 Å². The Hall–Kier alpha value is -1.26. The molecule has 4 heteroatoms. The smallest absolute Gasteiger partial charge is 0.124 e. The van der Waals surface area contributed by atoms with Gasteiger partial charge >= 0.3 is 0 Å². The summed E-state index contributed by atoms with van der Waals surface area (Å²) in [4.78, 5) is 0.913. The van der Waals surface area contributed by atoms with E-state index < -0.39 is 0 Å². The van der Waals surface area contributed by atoms with E-state index in [0.717, 1.165) is 16.4 Å². The molecule has 1 heterocycles. The number of thioether (sulfide) groups is 1. The van der Waals surface area contributed by atoms with E-state index in [1.807, 2.05) is 18.2 Å². The Balaban J connectivity index is 1.87. The number of rotatable bonds is 5. The van der Waals surface area contributed by atoms with Gasteiger partial charge in [0.05, 0.1) is 12.3 Å². The molecule has 0 saturated heterocycles. The normalized spacial score (nSPS) is 11.8. The minimum atomic E-state index is -0.204. The summed E-state index contributed by atoms with van der Waals surface area (Å²) in [7, 11) is 0. The molecule has 0 atom stereocenters. The zero-order valence-corrected chi connectivity index (χ0v) is 12.9. The van der Waals surface area contributed by atoms with Crippen LogP contribution < -0.4 is 5.32 Å². The SMILES string of the molecule is CC(C)(C)NCc1ccc(CSc2cccc(F)c2)o1. The van der Waals surface area contributed by atoms with E-state index in [9.17, 15) is 4.39 Å². The molecule has 0 bridgehead atoms. The van der Waals surface area contributed by atoms with Gasteiger partial charge in [-0.2, -0.15) is 0 Å². The van der Waals surface area contributed by atoms with Crippen LogP contribution in [0, 0.1) is 5.82 Å². The van der Waals surface area contributed by atoms with Gasteiger partial charge < -0.3 is 9.73 Å². The minimum absolute atomic E-state index is 0.0727. The fourth-order valence-corrected chi connectivity index (χ4v) is 2.49. The molecule has 2 nitrogen and oxygen atoms in total. The lowest BCUT2D eigenvalue weighted by atomic mass is 10.1. The first kappa shape index (κ1) is 15.1. The second-order valence-corrected chi connectivity index (χ2v) is 6.77. The van der Waals surface area contributed by atoms with Gasteiger partial charge in [0.25, 0.3) is 0 Å². The van der Waals surface area contributed by atoms with Crippen molar-refractivity contribution in [3.8, 4) is 0 Å². The topological polar surface area (TPSA) is 25.2 Å². The van der Waals surface area contributed by atoms with Crippen molar-refractivity contribution in [1.82, 2.24) is 5.32 Å². The first-order valence-corrected chi connectivity index (χ1v) is 7.62. The molecule has 0 saturated carbocycles. The average molecular weight is 293 g/mol. The van der Waals surface area contributed by atoms with Crippen molar-refractivity contribution in [3.05, 3.63) is 53.7 Å². The zero-order chi connectivity index (χ0) is 14.6. The maximum atomic E-state index is 13.1. The highest BCUT2D eigenvalue weighted by atomic mass is 32.2. The van der Waals surface area contributed by atoms with Crippen LogP contribution in [0.1, 0.15) is 32.3 Å². The third-order valence-electron chi connectivity index (χ3n) is 2.69. The number of hydrogen-bond acceptors (Lipinski definition) is 3. The highest BCUT2D eigenvalue weighted by molar-refractivity contribution is 7.98. The van der Waals surface area contributed by atoms with E-state index in [1.54, 1.807) is 17.8 Å². The first-order valence-electron chi connectivity index (χ1n) is 6.63. The fourth-order valence-electron chi connectivity index (χ4n) is 1.66. The molecule has 0 aliphatic heterocycles. The summed E-state index contributed by atoms with van der Waals surface area (Å²) in [6, 6.07) is 10.6. The van der Waals surface area contributed by atoms with Crippen molar-refractivity contribution in [1.29, 1.82) is 0 Å². The highest BCUT2D eigenvalue weighted by Gasteiger charge is 2.10. The molecule has 0 amide bonds. The molecule has 0 unspecified atom stereocenters. The molecule has 0 spiro atoms. The molecule has 20 heavy (non-hydrogen) atoms. The van der Waals surface area contributed by atoms with Crippen LogP contribution in [0.4, 0.5) is 4.39 Å². The molecule has 108 valence electrons. The van der Waals surface area contributed by atoms with Gasteiger partial charge in [0.2, 0.25) is 0 Å². The molecule has 2 rings (SSSR count). The molecule has 0 fully saturated rings. The van der Waals surface area contributed by atoms with Gasteiger partial charge in [-0.1, -0.05) is 6.07 Å². The maximum Gasteiger partial charge on any atom is 0.124 e. The van der Waals surface area contributed by atoms with Gasteiger partial charge in [-0.25, -0.2) is 4.39 Å². The van der Waals surface area contributed by atoms with E-state index in [4.69, 9.17) is 4.42 Å². The summed E-state index contributed by atoms with van der Waals surface area (Å²) < 4.78 is 18.8. The average Bonchev–Trinajstić information content (AvgIpc) is 2.81. The van der Waals surface area contributed by atoms with Crippen molar-refractivity contribution in [2.45, 2.75) is 43.5 Å². The van der Waals surface area contributed by atoms with Crippen molar-refractivity contribution >= 4 is 11.8 Å². The van der Waals surface area contributed by atoms with Gasteiger partial charge in [-0.3, -0.25) is 0 Å². The predicted molar refractivity (Wildman–Crippen MR) is 81.3 cm³/mol. The van der Waals surface area contributed by atoms with E-state index in [1.165, 1.54) is 12.1 Å². The second kappa shape index (κ2) is 6.46. The summed E-state index contributed by atoms with van der Waals surface area (Å²) in [5.74, 6) is 2.34. The Kier molecular flexibility index (Phi) is 4.89. The second-order valence-electron chi connectivity index (χ2n) is 5.72. The lowest BCUT2D eigenvalue weighted by molar-refractivity contribution is 0.382. The molecular formula is C16H20FNOS. The summed E-state index contributed by atoms with van der Waals surface area (Å²) in [5.41, 5.74) is 0.0727. The van der Waals surface area contributed by atoms with Crippen LogP contribution in [0.3, 0.4) is 0 Å². The van der Waals surface area contributed by atoms with E-state index in [-0.39, 0.29) is 11.4 Å². The molecule has 1 N–H and O–H groups in total. The minimum Gasteiger partial charge on any atom is -0.464 e. The highest BCUT2D eigenvalue weighted by Crippen LogP contribution is 2.24. The first-order chi connectivity index (χ1) is 9.42. The van der Waals surface area contributed by atoms with Crippen LogP contribution in [-0.2, 0) is 12.3 Å². The quantitative estimate of drug-likeness (QED) is 0.816. The third kappa shape index (κ3) is 5.02. The Morgan fingerprint density at radius 3 is 2.60 bits per heavy atom. The number of nitrogens with one attached hydrogen (secondary N) is 1. The molecule has 0 aliphatic carbocycles.